The number of benzene rings is 1. The average molecular weight is 257 g/mol. The summed E-state index contributed by atoms with van der Waals surface area (Å²) in [4.78, 5) is 22.0. The van der Waals surface area contributed by atoms with Crippen molar-refractivity contribution in [3.8, 4) is 0 Å². The van der Waals surface area contributed by atoms with E-state index in [4.69, 9.17) is 0 Å². The largest absolute Gasteiger partial charge is 0.306 e. The highest BCUT2D eigenvalue weighted by atomic mass is 19.1. The molecular weight excluding hydrogens is 245 g/mol. The first-order valence-electron chi connectivity index (χ1n) is 6.04. The zero-order valence-corrected chi connectivity index (χ0v) is 10.4. The Morgan fingerprint density at radius 3 is 2.95 bits per heavy atom. The molecule has 3 rings (SSSR count). The first kappa shape index (κ1) is 11.8. The van der Waals surface area contributed by atoms with E-state index in [1.165, 1.54) is 18.5 Å². The molecule has 1 amide bonds. The van der Waals surface area contributed by atoms with Crippen LogP contribution in [0.1, 0.15) is 21.7 Å². The molecule has 0 spiro atoms. The molecule has 5 heteroatoms. The SMILES string of the molecule is Cc1cc(C(=O)N2CCc3cc(F)ccc32)ncn1. The molecule has 4 nitrogen and oxygen atoms in total. The van der Waals surface area contributed by atoms with E-state index in [1.54, 1.807) is 17.0 Å². The van der Waals surface area contributed by atoms with Crippen LogP contribution in [0.15, 0.2) is 30.6 Å². The molecule has 2 aromatic rings. The minimum absolute atomic E-state index is 0.171. The van der Waals surface area contributed by atoms with Gasteiger partial charge in [0.15, 0.2) is 0 Å². The summed E-state index contributed by atoms with van der Waals surface area (Å²) in [5.74, 6) is -0.443. The van der Waals surface area contributed by atoms with Gasteiger partial charge in [-0.1, -0.05) is 0 Å². The second-order valence-electron chi connectivity index (χ2n) is 4.52. The minimum atomic E-state index is -0.272. The number of carbonyl (C=O) groups is 1. The molecule has 1 aliphatic heterocycles. The molecule has 0 bridgehead atoms. The highest BCUT2D eigenvalue weighted by Crippen LogP contribution is 2.29. The number of anilines is 1. The van der Waals surface area contributed by atoms with Crippen LogP contribution >= 0.6 is 0 Å². The van der Waals surface area contributed by atoms with Gasteiger partial charge in [0.25, 0.3) is 5.91 Å². The van der Waals surface area contributed by atoms with Crippen molar-refractivity contribution in [1.82, 2.24) is 9.97 Å². The number of carbonyl (C=O) groups excluding carboxylic acids is 1. The zero-order valence-electron chi connectivity index (χ0n) is 10.4. The maximum atomic E-state index is 13.1. The summed E-state index contributed by atoms with van der Waals surface area (Å²) in [5, 5.41) is 0. The predicted molar refractivity (Wildman–Crippen MR) is 68.5 cm³/mol. The van der Waals surface area contributed by atoms with Gasteiger partial charge >= 0.3 is 0 Å². The van der Waals surface area contributed by atoms with Gasteiger partial charge in [0.1, 0.15) is 17.8 Å². The Labute approximate surface area is 109 Å². The minimum Gasteiger partial charge on any atom is -0.306 e. The number of hydrogen-bond acceptors (Lipinski definition) is 3. The summed E-state index contributed by atoms with van der Waals surface area (Å²) in [6.45, 7) is 2.37. The molecular formula is C14H12FN3O. The number of aromatic nitrogens is 2. The zero-order chi connectivity index (χ0) is 13.4. The van der Waals surface area contributed by atoms with E-state index in [-0.39, 0.29) is 11.7 Å². The van der Waals surface area contributed by atoms with E-state index >= 15 is 0 Å². The molecule has 0 radical (unpaired) electrons. The maximum Gasteiger partial charge on any atom is 0.277 e. The van der Waals surface area contributed by atoms with E-state index in [0.29, 0.717) is 18.7 Å². The first-order chi connectivity index (χ1) is 9.15. The van der Waals surface area contributed by atoms with Gasteiger partial charge in [0.05, 0.1) is 0 Å². The van der Waals surface area contributed by atoms with Gasteiger partial charge in [-0.25, -0.2) is 14.4 Å². The second kappa shape index (κ2) is 4.42. The quantitative estimate of drug-likeness (QED) is 0.786. The van der Waals surface area contributed by atoms with Crippen molar-refractivity contribution in [3.05, 3.63) is 53.4 Å². The molecule has 96 valence electrons. The van der Waals surface area contributed by atoms with Gasteiger partial charge in [-0.3, -0.25) is 4.79 Å². The maximum absolute atomic E-state index is 13.1. The molecule has 19 heavy (non-hydrogen) atoms. The monoisotopic (exact) mass is 257 g/mol. The van der Waals surface area contributed by atoms with Crippen LogP contribution < -0.4 is 4.90 Å². The van der Waals surface area contributed by atoms with Crippen LogP contribution in [-0.2, 0) is 6.42 Å². The van der Waals surface area contributed by atoms with Gasteiger partial charge in [-0.05, 0) is 43.2 Å². The highest BCUT2D eigenvalue weighted by Gasteiger charge is 2.26. The van der Waals surface area contributed by atoms with Crippen LogP contribution in [0.25, 0.3) is 0 Å². The molecule has 1 aromatic heterocycles. The third kappa shape index (κ3) is 2.07. The number of aryl methyl sites for hydroxylation is 1. The lowest BCUT2D eigenvalue weighted by molar-refractivity contribution is 0.0984. The molecule has 0 unspecified atom stereocenters. The van der Waals surface area contributed by atoms with E-state index in [0.717, 1.165) is 16.9 Å². The number of amides is 1. The second-order valence-corrected chi connectivity index (χ2v) is 4.52. The molecule has 0 aliphatic carbocycles. The molecule has 0 N–H and O–H groups in total. The van der Waals surface area contributed by atoms with Crippen molar-refractivity contribution in [2.75, 3.05) is 11.4 Å². The fourth-order valence-corrected chi connectivity index (χ4v) is 2.29. The van der Waals surface area contributed by atoms with Crippen molar-refractivity contribution in [1.29, 1.82) is 0 Å². The number of hydrogen-bond donors (Lipinski definition) is 0. The van der Waals surface area contributed by atoms with E-state index in [2.05, 4.69) is 9.97 Å². The van der Waals surface area contributed by atoms with Gasteiger partial charge in [0.2, 0.25) is 0 Å². The van der Waals surface area contributed by atoms with Crippen molar-refractivity contribution >= 4 is 11.6 Å². The van der Waals surface area contributed by atoms with Crippen molar-refractivity contribution in [2.45, 2.75) is 13.3 Å². The third-order valence-electron chi connectivity index (χ3n) is 3.21. The van der Waals surface area contributed by atoms with Crippen molar-refractivity contribution in [3.63, 3.8) is 0 Å². The Bertz CT molecular complexity index is 657. The fourth-order valence-electron chi connectivity index (χ4n) is 2.29. The van der Waals surface area contributed by atoms with Crippen LogP contribution in [0.4, 0.5) is 10.1 Å². The van der Waals surface area contributed by atoms with Gasteiger partial charge in [-0.2, -0.15) is 0 Å². The van der Waals surface area contributed by atoms with Gasteiger partial charge in [0, 0.05) is 17.9 Å². The number of nitrogens with zero attached hydrogens (tertiary/aromatic N) is 3. The smallest absolute Gasteiger partial charge is 0.277 e. The Hall–Kier alpha value is -2.30. The lowest BCUT2D eigenvalue weighted by Crippen LogP contribution is -2.29. The lowest BCUT2D eigenvalue weighted by atomic mass is 10.1. The Balaban J connectivity index is 1.95. The third-order valence-corrected chi connectivity index (χ3v) is 3.21. The number of halogens is 1. The van der Waals surface area contributed by atoms with E-state index in [9.17, 15) is 9.18 Å². The first-order valence-corrected chi connectivity index (χ1v) is 6.04. The fraction of sp³-hybridized carbons (Fsp3) is 0.214. The molecule has 2 heterocycles. The summed E-state index contributed by atoms with van der Waals surface area (Å²) < 4.78 is 13.1. The summed E-state index contributed by atoms with van der Waals surface area (Å²) in [7, 11) is 0. The van der Waals surface area contributed by atoms with Crippen LogP contribution in [0.5, 0.6) is 0 Å². The molecule has 0 atom stereocenters. The summed E-state index contributed by atoms with van der Waals surface area (Å²) >= 11 is 0. The van der Waals surface area contributed by atoms with Crippen molar-refractivity contribution in [2.24, 2.45) is 0 Å². The van der Waals surface area contributed by atoms with E-state index in [1.807, 2.05) is 6.92 Å². The molecule has 0 fully saturated rings. The van der Waals surface area contributed by atoms with E-state index < -0.39 is 0 Å². The summed E-state index contributed by atoms with van der Waals surface area (Å²) in [6.07, 6.45) is 2.05. The Morgan fingerprint density at radius 1 is 1.32 bits per heavy atom. The predicted octanol–water partition coefficient (Wildman–Crippen LogP) is 2.13. The molecule has 1 aliphatic rings. The Kier molecular flexibility index (Phi) is 2.74. The van der Waals surface area contributed by atoms with Gasteiger partial charge in [-0.15, -0.1) is 0 Å². The van der Waals surface area contributed by atoms with Crippen LogP contribution in [0.3, 0.4) is 0 Å². The van der Waals surface area contributed by atoms with Crippen molar-refractivity contribution < 1.29 is 9.18 Å². The summed E-state index contributed by atoms with van der Waals surface area (Å²) in [6, 6.07) is 6.15. The summed E-state index contributed by atoms with van der Waals surface area (Å²) in [5.41, 5.74) is 2.74. The Morgan fingerprint density at radius 2 is 2.16 bits per heavy atom. The lowest BCUT2D eigenvalue weighted by Gasteiger charge is -2.16. The van der Waals surface area contributed by atoms with Crippen LogP contribution in [-0.4, -0.2) is 22.4 Å². The normalized spacial score (nSPS) is 13.5. The molecule has 0 saturated heterocycles. The van der Waals surface area contributed by atoms with Crippen LogP contribution in [0.2, 0.25) is 0 Å². The number of rotatable bonds is 1. The number of fused-ring (bicyclic) bond motifs is 1. The highest BCUT2D eigenvalue weighted by molar-refractivity contribution is 6.06. The molecule has 1 aromatic carbocycles. The average Bonchev–Trinajstić information content (AvgIpc) is 2.80. The standard InChI is InChI=1S/C14H12FN3O/c1-9-6-12(17-8-16-9)14(19)18-5-4-10-7-11(15)2-3-13(10)18/h2-3,6-8H,4-5H2,1H3. The molecule has 0 saturated carbocycles. The van der Waals surface area contributed by atoms with Crippen LogP contribution in [0, 0.1) is 12.7 Å². The topological polar surface area (TPSA) is 46.1 Å². The van der Waals surface area contributed by atoms with Gasteiger partial charge < -0.3 is 4.90 Å².